The van der Waals surface area contributed by atoms with Crippen LogP contribution >= 0.6 is 0 Å². The quantitative estimate of drug-likeness (QED) is 0.0175. The molecule has 2 aliphatic heterocycles. The second-order valence-corrected chi connectivity index (χ2v) is 36.5. The Morgan fingerprint density at radius 1 is 0.353 bits per heavy atom. The van der Waals surface area contributed by atoms with Crippen LogP contribution in [0, 0.1) is 52.0 Å². The summed E-state index contributed by atoms with van der Waals surface area (Å²) in [6.07, 6.45) is 6.11. The number of nitrogens with zero attached hydrogens (tertiary/aromatic N) is 8. The largest absolute Gasteiger partial charge is 0.536 e. The van der Waals surface area contributed by atoms with Crippen LogP contribution in [-0.4, -0.2) is 174 Å². The van der Waals surface area contributed by atoms with Crippen molar-refractivity contribution < 1.29 is 169 Å². The van der Waals surface area contributed by atoms with Gasteiger partial charge in [0, 0.05) is 156 Å². The minimum absolute atomic E-state index is 0. The molecule has 10 N–H and O–H groups in total. The van der Waals surface area contributed by atoms with Crippen LogP contribution in [0.5, 0.6) is 40.2 Å². The number of hydrogen-bond donors (Lipinski definition) is 10. The average molecular weight is 2730 g/mol. The molecule has 8 atom stereocenters. The predicted molar refractivity (Wildman–Crippen MR) is 575 cm³/mol. The summed E-state index contributed by atoms with van der Waals surface area (Å²) in [5, 5.41) is 104. The maximum absolute atomic E-state index is 11.4. The number of aromatic nitrogens is 8. The van der Waals surface area contributed by atoms with E-state index in [1.165, 1.54) is 39.9 Å². The third-order valence-electron chi connectivity index (χ3n) is 24.8. The van der Waals surface area contributed by atoms with Crippen LogP contribution in [-0.2, 0) is 98.4 Å². The summed E-state index contributed by atoms with van der Waals surface area (Å²) < 4.78 is 39.2. The Morgan fingerprint density at radius 3 is 1.17 bits per heavy atom. The molecule has 4 aromatic heterocycles. The minimum Gasteiger partial charge on any atom is -0.536 e. The Bertz CT molecular complexity index is 8030. The summed E-state index contributed by atoms with van der Waals surface area (Å²) in [6, 6.07) is 82.8. The van der Waals surface area contributed by atoms with Gasteiger partial charge in [-0.25, -0.2) is 0 Å². The zero-order valence-electron chi connectivity index (χ0n) is 85.4. The molecule has 0 fully saturated rings. The number of esters is 1. The molecule has 4 radical (unpaired) electrons. The molecule has 786 valence electrons. The molecule has 0 saturated heterocycles. The Kier molecular flexibility index (Phi) is 42.3. The van der Waals surface area contributed by atoms with E-state index in [9.17, 15) is 15.0 Å². The van der Waals surface area contributed by atoms with Gasteiger partial charge < -0.3 is 104 Å². The Hall–Kier alpha value is -12.6. The van der Waals surface area contributed by atoms with Gasteiger partial charge in [0.05, 0.1) is 144 Å². The number of aliphatic hydroxyl groups is 10. The molecule has 8 unspecified atom stereocenters. The molecule has 2 aliphatic rings. The van der Waals surface area contributed by atoms with E-state index >= 15 is 0 Å². The van der Waals surface area contributed by atoms with Gasteiger partial charge in [-0.2, -0.15) is 0 Å². The summed E-state index contributed by atoms with van der Waals surface area (Å²) in [5.74, 6) is 3.88. The number of aryl methyl sites for hydroxylation is 4. The molecule has 0 amide bonds. The number of hydrogen-bond acceptors (Lipinski definition) is 26. The first-order chi connectivity index (χ1) is 70.3. The average Bonchev–Trinajstić information content (AvgIpc) is 1.32. The van der Waals surface area contributed by atoms with Gasteiger partial charge in [0.25, 0.3) is 0 Å². The van der Waals surface area contributed by atoms with Crippen molar-refractivity contribution in [1.82, 2.24) is 39.9 Å². The number of aliphatic hydroxyl groups excluding tert-OH is 10. The number of carbonyl (C=O) groups is 1. The van der Waals surface area contributed by atoms with Crippen molar-refractivity contribution in [3.8, 4) is 85.3 Å². The predicted octanol–water partition coefficient (Wildman–Crippen LogP) is 21.8. The first kappa shape index (κ1) is 118. The molecule has 0 saturated carbocycles. The van der Waals surface area contributed by atoms with Gasteiger partial charge in [-0.05, 0) is 185 Å². The number of methoxy groups -OCH3 is 2. The summed E-state index contributed by atoms with van der Waals surface area (Å²) in [7, 11) is 3.15. The van der Waals surface area contributed by atoms with Crippen LogP contribution in [0.1, 0.15) is 121 Å². The van der Waals surface area contributed by atoms with E-state index in [4.69, 9.17) is 114 Å². The Labute approximate surface area is 923 Å². The monoisotopic (exact) mass is 2730 g/mol. The van der Waals surface area contributed by atoms with E-state index in [2.05, 4.69) is 82.3 Å². The normalized spacial score (nSPS) is 13.0. The fourth-order valence-corrected chi connectivity index (χ4v) is 18.0. The Balaban J connectivity index is 0.000000173. The van der Waals surface area contributed by atoms with Crippen LogP contribution in [0.3, 0.4) is 0 Å². The van der Waals surface area contributed by atoms with Crippen LogP contribution in [0.2, 0.25) is 0 Å². The summed E-state index contributed by atoms with van der Waals surface area (Å²) in [5.41, 5.74) is 20.1. The van der Waals surface area contributed by atoms with Crippen molar-refractivity contribution in [2.75, 3.05) is 27.8 Å². The first-order valence-electron chi connectivity index (χ1n) is 48.3. The topological polar surface area (TPSA) is 387 Å². The van der Waals surface area contributed by atoms with Crippen molar-refractivity contribution in [1.29, 1.82) is 0 Å². The fourth-order valence-electron chi connectivity index (χ4n) is 18.0. The van der Waals surface area contributed by atoms with Gasteiger partial charge in [-0.15, -0.1) is 81.2 Å². The number of benzene rings is 16. The van der Waals surface area contributed by atoms with Gasteiger partial charge in [0.1, 0.15) is 5.75 Å². The van der Waals surface area contributed by atoms with E-state index in [1.807, 2.05) is 176 Å². The standard InChI is InChI=1S/C26H21N2O4.C26H21N2.C24H13N2O4.C24H15N2O2.4C5H12O2.4Ir/c1-31-23-10-19-18-8-16(13-29)17(14-30)9-20(18)26-25(21(19)11-24(23)32-2)27-12-22(28-26)15-6-4-3-5-7-15;1-15-10-12-20-23(17(15)3)24-18(4)16(2)11-13-21(24)26-25(20)27-14-22(28-26)19-8-6-5-7-9-19;1-2-4-13(5-3-1)16-10-25-21-14-6-8-17-23(29-11-27-17)19(14)20-15(22(21)26-16)7-9-18-24(20)30-12-28-18;1-15(27)28-17-11-12-19-18-9-5-6-10-20(18)23-24(21(19)13-17)26-22(14-25-23)16-7-3-2-4-8-16;4*1-4(6)3-5(2)7;;;;/h3-10,12,29-30H,13-14H2,1-2H3;5-11,13-14H,1-4H3;1-5,7-10H,11-12H2;2-9,11-14H,1H3;4*4-7H,3H2,1-2H3;;;;/q4*-1;;;;;;;;. The number of carbonyl (C=O) groups excluding carboxylic acids is 1. The molecule has 0 aliphatic carbocycles. The maximum Gasteiger partial charge on any atom is 0.308 e. The van der Waals surface area contributed by atoms with E-state index in [1.54, 1.807) is 100 Å². The molecule has 6 heterocycles. The molecule has 22 rings (SSSR count). The van der Waals surface area contributed by atoms with Crippen LogP contribution in [0.4, 0.5) is 0 Å². The van der Waals surface area contributed by atoms with Crippen molar-refractivity contribution in [2.24, 2.45) is 0 Å². The maximum atomic E-state index is 11.4. The SMILES string of the molecule is CC(=O)Oc1ccc2c3ccc[c-]c3c3ncc(-c4ccccc4)nc3c2c1.CC(O)CC(C)O.CC(O)CC(C)O.CC(O)CC(C)O.CC(O)CC(C)O.COc1[c-]c2c(cc1OC)c1cc(CO)c(CO)cc1c1nc(-c3ccccc3)cnc21.Cc1c[c-]c2c3ncc(-c4ccccc4)nc3c3ccc(C)c(C)c3c2c1C.[Ir].[Ir].[Ir].[Ir].[c-]1cc2c(c3c1c1ncc(-c4ccccc4)nc1c1ccc4c(c13)OCO4)OCO2. The summed E-state index contributed by atoms with van der Waals surface area (Å²) in [6.45, 7) is 23.4. The zero-order valence-corrected chi connectivity index (χ0v) is 95.0. The number of rotatable bonds is 17. The molecule has 150 heavy (non-hydrogen) atoms. The molecule has 0 bridgehead atoms. The molecule has 16 aromatic carbocycles. The van der Waals surface area contributed by atoms with E-state index in [-0.39, 0.29) is 162 Å². The van der Waals surface area contributed by atoms with Crippen LogP contribution < -0.4 is 33.2 Å². The third kappa shape index (κ3) is 27.3. The number of ether oxygens (including phenoxy) is 7. The van der Waals surface area contributed by atoms with E-state index < -0.39 is 0 Å². The van der Waals surface area contributed by atoms with Crippen LogP contribution in [0.15, 0.2) is 237 Å². The molecule has 20 aromatic rings. The van der Waals surface area contributed by atoms with Crippen molar-refractivity contribution >= 4 is 136 Å². The molecule has 30 heteroatoms. The van der Waals surface area contributed by atoms with Crippen molar-refractivity contribution in [3.05, 3.63) is 295 Å². The molecule has 0 spiro atoms. The van der Waals surface area contributed by atoms with Gasteiger partial charge >= 0.3 is 5.97 Å². The third-order valence-corrected chi connectivity index (χ3v) is 24.8. The minimum atomic E-state index is -0.375. The van der Waals surface area contributed by atoms with Gasteiger partial charge in [-0.1, -0.05) is 199 Å². The van der Waals surface area contributed by atoms with Crippen molar-refractivity contribution in [3.63, 3.8) is 0 Å². The van der Waals surface area contributed by atoms with Gasteiger partial charge in [-0.3, -0.25) is 24.7 Å². The summed E-state index contributed by atoms with van der Waals surface area (Å²) >= 11 is 0. The molecular formula is C120H118Ir4N8O18-4. The van der Waals surface area contributed by atoms with E-state index in [0.29, 0.717) is 88.1 Å². The Morgan fingerprint density at radius 2 is 0.740 bits per heavy atom. The fraction of sp³-hybridized carbons (Fsp3) is 0.258. The zero-order chi connectivity index (χ0) is 104. The van der Waals surface area contributed by atoms with E-state index in [0.717, 1.165) is 154 Å². The van der Waals surface area contributed by atoms with Crippen LogP contribution in [0.25, 0.3) is 175 Å². The number of fused-ring (bicyclic) bond motifs is 28. The summed E-state index contributed by atoms with van der Waals surface area (Å²) in [4.78, 5) is 50.5. The first-order valence-corrected chi connectivity index (χ1v) is 48.3. The second kappa shape index (κ2) is 53.9. The van der Waals surface area contributed by atoms with Gasteiger partial charge in [0.2, 0.25) is 13.6 Å². The van der Waals surface area contributed by atoms with Crippen molar-refractivity contribution in [2.45, 2.75) is 178 Å². The molecule has 26 nitrogen and oxygen atoms in total. The smallest absolute Gasteiger partial charge is 0.308 e. The van der Waals surface area contributed by atoms with Gasteiger partial charge in [0.15, 0.2) is 11.5 Å². The molecular weight excluding hydrogens is 2610 g/mol. The second-order valence-electron chi connectivity index (χ2n) is 36.5.